The number of hydrogen-bond donors (Lipinski definition) is 3. The fraction of sp³-hybridized carbons (Fsp3) is 0.176. The minimum absolute atomic E-state index is 0.201. The molecule has 0 heterocycles. The Morgan fingerprint density at radius 3 is 2.26 bits per heavy atom. The highest BCUT2D eigenvalue weighted by Crippen LogP contribution is 2.25. The number of benzene rings is 2. The first-order valence-corrected chi connectivity index (χ1v) is 7.52. The van der Waals surface area contributed by atoms with Gasteiger partial charge in [-0.3, -0.25) is 15.4 Å². The Bertz CT molecular complexity index is 691. The van der Waals surface area contributed by atoms with E-state index in [-0.39, 0.29) is 6.04 Å². The van der Waals surface area contributed by atoms with E-state index in [2.05, 4.69) is 10.6 Å². The molecule has 0 aliphatic carbocycles. The van der Waals surface area contributed by atoms with Gasteiger partial charge < -0.3 is 5.73 Å². The number of hydrogen-bond acceptors (Lipinski definition) is 3. The second kappa shape index (κ2) is 7.76. The van der Waals surface area contributed by atoms with Gasteiger partial charge >= 0.3 is 6.03 Å². The molecule has 0 aromatic heterocycles. The van der Waals surface area contributed by atoms with Crippen molar-refractivity contribution in [2.75, 3.05) is 0 Å². The maximum atomic E-state index is 12.3. The predicted molar refractivity (Wildman–Crippen MR) is 89.9 cm³/mol. The lowest BCUT2D eigenvalue weighted by Gasteiger charge is -2.23. The van der Waals surface area contributed by atoms with E-state index in [9.17, 15) is 9.59 Å². The number of rotatable bonds is 5. The van der Waals surface area contributed by atoms with Gasteiger partial charge in [0.05, 0.1) is 0 Å². The van der Waals surface area contributed by atoms with Gasteiger partial charge in [0.2, 0.25) is 5.91 Å². The molecule has 120 valence electrons. The van der Waals surface area contributed by atoms with E-state index in [4.69, 9.17) is 17.3 Å². The molecule has 23 heavy (non-hydrogen) atoms. The van der Waals surface area contributed by atoms with Gasteiger partial charge in [-0.25, -0.2) is 4.79 Å². The summed E-state index contributed by atoms with van der Waals surface area (Å²) in [6.45, 7) is 1.90. The van der Waals surface area contributed by atoms with Gasteiger partial charge in [-0.05, 0) is 24.1 Å². The topological polar surface area (TPSA) is 84.2 Å². The number of amides is 3. The minimum Gasteiger partial charge on any atom is -0.351 e. The summed E-state index contributed by atoms with van der Waals surface area (Å²) < 4.78 is 0. The van der Waals surface area contributed by atoms with Crippen LogP contribution in [0, 0.1) is 0 Å². The van der Waals surface area contributed by atoms with Gasteiger partial charge in [0.15, 0.2) is 0 Å². The van der Waals surface area contributed by atoms with Crippen LogP contribution in [0.1, 0.15) is 30.1 Å². The maximum absolute atomic E-state index is 12.3. The van der Waals surface area contributed by atoms with Crippen molar-refractivity contribution in [1.29, 1.82) is 0 Å². The molecule has 2 rings (SSSR count). The lowest BCUT2D eigenvalue weighted by molar-refractivity contribution is -0.122. The molecule has 2 atom stereocenters. The van der Waals surface area contributed by atoms with Gasteiger partial charge in [-0.1, -0.05) is 60.1 Å². The Balaban J connectivity index is 2.26. The zero-order valence-corrected chi connectivity index (χ0v) is 13.4. The molecule has 0 fully saturated rings. The van der Waals surface area contributed by atoms with Crippen LogP contribution < -0.4 is 16.4 Å². The van der Waals surface area contributed by atoms with E-state index >= 15 is 0 Å². The first-order valence-electron chi connectivity index (χ1n) is 7.14. The highest BCUT2D eigenvalue weighted by molar-refractivity contribution is 6.31. The van der Waals surface area contributed by atoms with Crippen LogP contribution in [0.5, 0.6) is 0 Å². The van der Waals surface area contributed by atoms with E-state index in [1.807, 2.05) is 43.3 Å². The van der Waals surface area contributed by atoms with Crippen molar-refractivity contribution in [1.82, 2.24) is 10.6 Å². The molecule has 2 aromatic rings. The molecule has 5 nitrogen and oxygen atoms in total. The second-order valence-electron chi connectivity index (χ2n) is 5.11. The molecule has 6 heteroatoms. The molecule has 0 spiro atoms. The monoisotopic (exact) mass is 331 g/mol. The zero-order valence-electron chi connectivity index (χ0n) is 12.6. The second-order valence-corrected chi connectivity index (χ2v) is 5.51. The summed E-state index contributed by atoms with van der Waals surface area (Å²) in [7, 11) is 0. The fourth-order valence-corrected chi connectivity index (χ4v) is 2.63. The largest absolute Gasteiger partial charge is 0.351 e. The lowest BCUT2D eigenvalue weighted by Crippen LogP contribution is -2.43. The standard InChI is InChI=1S/C17H18ClN3O2/c1-11(13-9-5-6-10-14(13)18)20-15(16(22)21-17(19)23)12-7-3-2-4-8-12/h2-11,15,20H,1H3,(H3,19,21,22,23)/t11-,15+/m1/s1. The third-order valence-corrected chi connectivity index (χ3v) is 3.77. The molecule has 0 bridgehead atoms. The van der Waals surface area contributed by atoms with Crippen LogP contribution in [0.15, 0.2) is 54.6 Å². The first kappa shape index (κ1) is 17.0. The smallest absolute Gasteiger partial charge is 0.318 e. The van der Waals surface area contributed by atoms with E-state index in [1.54, 1.807) is 18.2 Å². The molecule has 0 radical (unpaired) electrons. The normalized spacial score (nSPS) is 13.1. The highest BCUT2D eigenvalue weighted by Gasteiger charge is 2.24. The van der Waals surface area contributed by atoms with Gasteiger partial charge in [-0.2, -0.15) is 0 Å². The summed E-state index contributed by atoms with van der Waals surface area (Å²) >= 11 is 6.20. The highest BCUT2D eigenvalue weighted by atomic mass is 35.5. The minimum atomic E-state index is -0.886. The molecular formula is C17H18ClN3O2. The average Bonchev–Trinajstić information content (AvgIpc) is 2.53. The summed E-state index contributed by atoms with van der Waals surface area (Å²) in [4.78, 5) is 23.3. The van der Waals surface area contributed by atoms with Crippen molar-refractivity contribution in [2.24, 2.45) is 5.73 Å². The molecule has 0 aliphatic heterocycles. The maximum Gasteiger partial charge on any atom is 0.318 e. The van der Waals surface area contributed by atoms with Gasteiger partial charge in [0, 0.05) is 11.1 Å². The fourth-order valence-electron chi connectivity index (χ4n) is 2.33. The molecule has 0 saturated carbocycles. The van der Waals surface area contributed by atoms with Crippen molar-refractivity contribution < 1.29 is 9.59 Å². The van der Waals surface area contributed by atoms with Crippen LogP contribution in [0.4, 0.5) is 4.79 Å². The molecular weight excluding hydrogens is 314 g/mol. The van der Waals surface area contributed by atoms with Crippen LogP contribution >= 0.6 is 11.6 Å². The number of halogens is 1. The van der Waals surface area contributed by atoms with Crippen molar-refractivity contribution in [3.05, 3.63) is 70.7 Å². The summed E-state index contributed by atoms with van der Waals surface area (Å²) in [6.07, 6.45) is 0. The van der Waals surface area contributed by atoms with Crippen LogP contribution in [0.25, 0.3) is 0 Å². The summed E-state index contributed by atoms with van der Waals surface area (Å²) in [6, 6.07) is 14.7. The molecule has 3 amide bonds. The van der Waals surface area contributed by atoms with Crippen molar-refractivity contribution in [2.45, 2.75) is 19.0 Å². The van der Waals surface area contributed by atoms with Crippen molar-refractivity contribution in [3.8, 4) is 0 Å². The van der Waals surface area contributed by atoms with Crippen LogP contribution in [-0.4, -0.2) is 11.9 Å². The van der Waals surface area contributed by atoms with E-state index < -0.39 is 18.0 Å². The SMILES string of the molecule is C[C@@H](N[C@H](C(=O)NC(N)=O)c1ccccc1)c1ccccc1Cl. The first-order chi connectivity index (χ1) is 11.0. The Morgan fingerprint density at radius 2 is 1.65 bits per heavy atom. The van der Waals surface area contributed by atoms with Crippen LogP contribution in [0.3, 0.4) is 0 Å². The number of primary amides is 1. The third-order valence-electron chi connectivity index (χ3n) is 3.43. The Labute approximate surface area is 139 Å². The zero-order chi connectivity index (χ0) is 16.8. The Morgan fingerprint density at radius 1 is 1.04 bits per heavy atom. The van der Waals surface area contributed by atoms with Crippen LogP contribution in [-0.2, 0) is 4.79 Å². The third kappa shape index (κ3) is 4.55. The molecule has 0 saturated heterocycles. The lowest BCUT2D eigenvalue weighted by atomic mass is 10.0. The number of carbonyl (C=O) groups is 2. The van der Waals surface area contributed by atoms with Gasteiger partial charge in [-0.15, -0.1) is 0 Å². The Kier molecular flexibility index (Phi) is 5.73. The molecule has 0 unspecified atom stereocenters. The number of nitrogens with one attached hydrogen (secondary N) is 2. The van der Waals surface area contributed by atoms with Crippen molar-refractivity contribution >= 4 is 23.5 Å². The van der Waals surface area contributed by atoms with Gasteiger partial charge in [0.1, 0.15) is 6.04 Å². The van der Waals surface area contributed by atoms with Crippen LogP contribution in [0.2, 0.25) is 5.02 Å². The number of urea groups is 1. The predicted octanol–water partition coefficient (Wildman–Crippen LogP) is 2.93. The van der Waals surface area contributed by atoms with E-state index in [1.165, 1.54) is 0 Å². The van der Waals surface area contributed by atoms with E-state index in [0.29, 0.717) is 5.02 Å². The molecule has 2 aromatic carbocycles. The summed E-state index contributed by atoms with van der Waals surface area (Å²) in [5, 5.41) is 5.91. The van der Waals surface area contributed by atoms with E-state index in [0.717, 1.165) is 11.1 Å². The molecule has 4 N–H and O–H groups in total. The Hall–Kier alpha value is -2.37. The van der Waals surface area contributed by atoms with Gasteiger partial charge in [0.25, 0.3) is 0 Å². The summed E-state index contributed by atoms with van der Waals surface area (Å²) in [5.74, 6) is -0.511. The number of carbonyl (C=O) groups excluding carboxylic acids is 2. The quantitative estimate of drug-likeness (QED) is 0.787. The van der Waals surface area contributed by atoms with Crippen molar-refractivity contribution in [3.63, 3.8) is 0 Å². The summed E-state index contributed by atoms with van der Waals surface area (Å²) in [5.41, 5.74) is 6.65. The number of nitrogens with two attached hydrogens (primary N) is 1. The average molecular weight is 332 g/mol. The number of imide groups is 1. The molecule has 0 aliphatic rings.